The number of aromatic nitrogens is 2. The Morgan fingerprint density at radius 3 is 2.00 bits per heavy atom. The van der Waals surface area contributed by atoms with Crippen molar-refractivity contribution < 1.29 is 4.74 Å². The summed E-state index contributed by atoms with van der Waals surface area (Å²) >= 11 is 1.67. The molecule has 1 aromatic heterocycles. The average molecular weight is 372 g/mol. The number of ether oxygens (including phenoxy) is 1. The first-order valence-electron chi connectivity index (χ1n) is 8.91. The number of nitrogens with one attached hydrogen (secondary N) is 1. The Morgan fingerprint density at radius 1 is 0.741 bits per heavy atom. The smallest absolute Gasteiger partial charge is 0.166 e. The summed E-state index contributed by atoms with van der Waals surface area (Å²) in [6.45, 7) is 0.636. The number of H-pyrrole nitrogens is 1. The molecule has 1 N–H and O–H groups in total. The Bertz CT molecular complexity index is 912. The summed E-state index contributed by atoms with van der Waals surface area (Å²) in [5.74, 6) is 1.72. The van der Waals surface area contributed by atoms with Gasteiger partial charge in [0.15, 0.2) is 5.16 Å². The molecule has 1 heterocycles. The zero-order valence-corrected chi connectivity index (χ0v) is 15.7. The second-order valence-electron chi connectivity index (χ2n) is 6.01. The number of nitrogens with zero attached hydrogens (tertiary/aromatic N) is 1. The third kappa shape index (κ3) is 4.41. The second kappa shape index (κ2) is 8.60. The molecule has 3 aromatic carbocycles. The molecule has 0 aliphatic rings. The largest absolute Gasteiger partial charge is 0.493 e. The fourth-order valence-electron chi connectivity index (χ4n) is 2.85. The molecular weight excluding hydrogens is 352 g/mol. The molecular formula is C23H20N2OS. The molecule has 0 bridgehead atoms. The third-order valence-electron chi connectivity index (χ3n) is 4.13. The van der Waals surface area contributed by atoms with Crippen LogP contribution >= 0.6 is 11.8 Å². The van der Waals surface area contributed by atoms with Gasteiger partial charge in [0.2, 0.25) is 0 Å². The van der Waals surface area contributed by atoms with Crippen molar-refractivity contribution in [2.24, 2.45) is 0 Å². The van der Waals surface area contributed by atoms with Gasteiger partial charge in [-0.25, -0.2) is 4.98 Å². The van der Waals surface area contributed by atoms with Gasteiger partial charge in [-0.15, -0.1) is 0 Å². The monoisotopic (exact) mass is 372 g/mol. The Kier molecular flexibility index (Phi) is 5.56. The van der Waals surface area contributed by atoms with Crippen LogP contribution in [0, 0.1) is 0 Å². The number of hydrogen-bond donors (Lipinski definition) is 1. The summed E-state index contributed by atoms with van der Waals surface area (Å²) < 4.78 is 5.77. The molecule has 0 aliphatic heterocycles. The van der Waals surface area contributed by atoms with E-state index >= 15 is 0 Å². The molecule has 4 heteroatoms. The number of rotatable bonds is 7. The van der Waals surface area contributed by atoms with Crippen LogP contribution in [0.4, 0.5) is 0 Å². The van der Waals surface area contributed by atoms with Crippen LogP contribution in [0.25, 0.3) is 22.5 Å². The lowest BCUT2D eigenvalue weighted by Gasteiger charge is -2.04. The van der Waals surface area contributed by atoms with E-state index < -0.39 is 0 Å². The van der Waals surface area contributed by atoms with E-state index in [-0.39, 0.29) is 0 Å². The van der Waals surface area contributed by atoms with E-state index in [9.17, 15) is 0 Å². The lowest BCUT2D eigenvalue weighted by Crippen LogP contribution is -2.00. The fourth-order valence-corrected chi connectivity index (χ4v) is 3.54. The molecule has 0 aliphatic carbocycles. The molecule has 4 rings (SSSR count). The average Bonchev–Trinajstić information content (AvgIpc) is 3.18. The predicted molar refractivity (Wildman–Crippen MR) is 112 cm³/mol. The van der Waals surface area contributed by atoms with Crippen molar-refractivity contribution in [2.45, 2.75) is 5.16 Å². The van der Waals surface area contributed by atoms with E-state index in [1.165, 1.54) is 0 Å². The highest BCUT2D eigenvalue weighted by Crippen LogP contribution is 2.32. The van der Waals surface area contributed by atoms with Gasteiger partial charge in [0.05, 0.1) is 18.0 Å². The molecule has 0 atom stereocenters. The number of para-hydroxylation sites is 1. The molecule has 0 fully saturated rings. The van der Waals surface area contributed by atoms with E-state index in [1.54, 1.807) is 11.8 Å². The predicted octanol–water partition coefficient (Wildman–Crippen LogP) is 5.91. The Morgan fingerprint density at radius 2 is 1.33 bits per heavy atom. The zero-order chi connectivity index (χ0) is 18.3. The molecule has 134 valence electrons. The van der Waals surface area contributed by atoms with Gasteiger partial charge in [-0.2, -0.15) is 0 Å². The summed E-state index contributed by atoms with van der Waals surface area (Å²) in [5, 5.41) is 0.907. The Hall–Kier alpha value is -2.98. The van der Waals surface area contributed by atoms with Gasteiger partial charge < -0.3 is 9.72 Å². The van der Waals surface area contributed by atoms with Crippen molar-refractivity contribution >= 4 is 11.8 Å². The summed E-state index contributed by atoms with van der Waals surface area (Å²) in [4.78, 5) is 8.34. The zero-order valence-electron chi connectivity index (χ0n) is 14.8. The summed E-state index contributed by atoms with van der Waals surface area (Å²) in [5.41, 5.74) is 4.28. The first kappa shape index (κ1) is 17.4. The summed E-state index contributed by atoms with van der Waals surface area (Å²) in [6.07, 6.45) is 0. The van der Waals surface area contributed by atoms with Crippen LogP contribution < -0.4 is 4.74 Å². The van der Waals surface area contributed by atoms with Crippen LogP contribution in [0.2, 0.25) is 0 Å². The van der Waals surface area contributed by atoms with Gasteiger partial charge in [0.25, 0.3) is 0 Å². The minimum atomic E-state index is 0.636. The van der Waals surface area contributed by atoms with E-state index in [1.807, 2.05) is 66.7 Å². The fraction of sp³-hybridized carbons (Fsp3) is 0.0870. The third-order valence-corrected chi connectivity index (χ3v) is 4.96. The number of aromatic amines is 1. The topological polar surface area (TPSA) is 37.9 Å². The van der Waals surface area contributed by atoms with Gasteiger partial charge in [-0.05, 0) is 12.1 Å². The first-order valence-corrected chi connectivity index (χ1v) is 9.90. The molecule has 0 unspecified atom stereocenters. The van der Waals surface area contributed by atoms with Crippen LogP contribution in [-0.4, -0.2) is 22.3 Å². The maximum Gasteiger partial charge on any atom is 0.166 e. The SMILES string of the molecule is c1ccc(OCCSc2nc(-c3ccccc3)c(-c3ccccc3)[nH]2)cc1. The molecule has 0 saturated carbocycles. The normalized spacial score (nSPS) is 10.7. The second-order valence-corrected chi connectivity index (χ2v) is 7.09. The first-order chi connectivity index (χ1) is 13.4. The molecule has 27 heavy (non-hydrogen) atoms. The van der Waals surface area contributed by atoms with Crippen LogP contribution in [-0.2, 0) is 0 Å². The number of imidazole rings is 1. The lowest BCUT2D eigenvalue weighted by molar-refractivity contribution is 0.344. The van der Waals surface area contributed by atoms with Crippen LogP contribution in [0.1, 0.15) is 0 Å². The van der Waals surface area contributed by atoms with E-state index in [4.69, 9.17) is 9.72 Å². The maximum absolute atomic E-state index is 5.77. The van der Waals surface area contributed by atoms with Gasteiger partial charge in [-0.3, -0.25) is 0 Å². The van der Waals surface area contributed by atoms with E-state index in [0.29, 0.717) is 6.61 Å². The molecule has 0 spiro atoms. The molecule has 3 nitrogen and oxygen atoms in total. The molecule has 0 radical (unpaired) electrons. The Labute approximate surface area is 163 Å². The van der Waals surface area contributed by atoms with Gasteiger partial charge in [-0.1, -0.05) is 90.6 Å². The highest BCUT2D eigenvalue weighted by molar-refractivity contribution is 7.99. The van der Waals surface area contributed by atoms with Crippen molar-refractivity contribution in [1.82, 2.24) is 9.97 Å². The number of hydrogen-bond acceptors (Lipinski definition) is 3. The van der Waals surface area contributed by atoms with Crippen molar-refractivity contribution in [3.05, 3.63) is 91.0 Å². The highest BCUT2D eigenvalue weighted by atomic mass is 32.2. The maximum atomic E-state index is 5.77. The molecule has 0 amide bonds. The summed E-state index contributed by atoms with van der Waals surface area (Å²) in [7, 11) is 0. The lowest BCUT2D eigenvalue weighted by atomic mass is 10.1. The van der Waals surface area contributed by atoms with Gasteiger partial charge in [0, 0.05) is 16.9 Å². The van der Waals surface area contributed by atoms with E-state index in [2.05, 4.69) is 29.2 Å². The molecule has 0 saturated heterocycles. The standard InChI is InChI=1S/C23H20N2OS/c1-4-10-18(11-5-1)21-22(19-12-6-2-7-13-19)25-23(24-21)27-17-16-26-20-14-8-3-9-15-20/h1-15H,16-17H2,(H,24,25). The van der Waals surface area contributed by atoms with Crippen LogP contribution in [0.3, 0.4) is 0 Å². The highest BCUT2D eigenvalue weighted by Gasteiger charge is 2.14. The van der Waals surface area contributed by atoms with Gasteiger partial charge in [0.1, 0.15) is 5.75 Å². The van der Waals surface area contributed by atoms with Crippen molar-refractivity contribution in [3.63, 3.8) is 0 Å². The van der Waals surface area contributed by atoms with Crippen LogP contribution in [0.15, 0.2) is 96.2 Å². The minimum Gasteiger partial charge on any atom is -0.493 e. The Balaban J connectivity index is 1.51. The van der Waals surface area contributed by atoms with Crippen molar-refractivity contribution in [3.8, 4) is 28.3 Å². The number of thioether (sulfide) groups is 1. The quantitative estimate of drug-likeness (QED) is 0.323. The number of benzene rings is 3. The molecule has 4 aromatic rings. The van der Waals surface area contributed by atoms with E-state index in [0.717, 1.165) is 39.2 Å². The summed E-state index contributed by atoms with van der Waals surface area (Å²) in [6, 6.07) is 30.5. The van der Waals surface area contributed by atoms with Gasteiger partial charge >= 0.3 is 0 Å². The van der Waals surface area contributed by atoms with Crippen LogP contribution in [0.5, 0.6) is 5.75 Å². The van der Waals surface area contributed by atoms with Crippen molar-refractivity contribution in [1.29, 1.82) is 0 Å². The van der Waals surface area contributed by atoms with Crippen molar-refractivity contribution in [2.75, 3.05) is 12.4 Å². The minimum absolute atomic E-state index is 0.636.